The summed E-state index contributed by atoms with van der Waals surface area (Å²) in [6.07, 6.45) is 1.91. The molecular formula is C29H33F2N7O2. The van der Waals surface area contributed by atoms with Crippen LogP contribution in [0.2, 0.25) is 0 Å². The van der Waals surface area contributed by atoms with Crippen molar-refractivity contribution in [3.63, 3.8) is 0 Å². The van der Waals surface area contributed by atoms with Crippen LogP contribution in [0.4, 0.5) is 19.4 Å². The van der Waals surface area contributed by atoms with Crippen LogP contribution in [0, 0.1) is 25.5 Å². The van der Waals surface area contributed by atoms with E-state index in [1.54, 1.807) is 22.5 Å². The topological polar surface area (TPSA) is 89.2 Å². The van der Waals surface area contributed by atoms with Gasteiger partial charge >= 0.3 is 6.03 Å². The first-order valence-electron chi connectivity index (χ1n) is 13.1. The maximum absolute atomic E-state index is 14.1. The Kier molecular flexibility index (Phi) is 7.95. The Labute approximate surface area is 231 Å². The van der Waals surface area contributed by atoms with Crippen molar-refractivity contribution in [1.29, 1.82) is 0 Å². The summed E-state index contributed by atoms with van der Waals surface area (Å²) in [5.41, 5.74) is 4.64. The number of urea groups is 1. The fraction of sp³-hybridized carbons (Fsp3) is 0.345. The number of nitrogens with zero attached hydrogens (tertiary/aromatic N) is 5. The van der Waals surface area contributed by atoms with E-state index >= 15 is 0 Å². The molecule has 4 aromatic rings. The van der Waals surface area contributed by atoms with Crippen LogP contribution in [0.3, 0.4) is 0 Å². The first-order chi connectivity index (χ1) is 19.2. The summed E-state index contributed by atoms with van der Waals surface area (Å²) < 4.78 is 36.4. The number of hydrogen-bond donors (Lipinski definition) is 2. The molecular weight excluding hydrogens is 516 g/mol. The minimum Gasteiger partial charge on any atom is -0.383 e. The van der Waals surface area contributed by atoms with Crippen LogP contribution in [0.1, 0.15) is 22.7 Å². The number of ether oxygens (including phenoxy) is 1. The maximum atomic E-state index is 14.1. The number of para-hydroxylation sites is 1. The molecule has 1 fully saturated rings. The summed E-state index contributed by atoms with van der Waals surface area (Å²) in [5.74, 6) is -1.51. The molecule has 2 atom stereocenters. The number of likely N-dealkylation sites (tertiary alicyclic amines) is 1. The summed E-state index contributed by atoms with van der Waals surface area (Å²) in [6, 6.07) is 12.7. The van der Waals surface area contributed by atoms with Crippen LogP contribution in [-0.4, -0.2) is 69.9 Å². The van der Waals surface area contributed by atoms with Crippen molar-refractivity contribution in [2.24, 2.45) is 7.05 Å². The average Bonchev–Trinajstić information content (AvgIpc) is 3.59. The summed E-state index contributed by atoms with van der Waals surface area (Å²) in [6.45, 7) is 6.13. The predicted octanol–water partition coefficient (Wildman–Crippen LogP) is 4.40. The first kappa shape index (κ1) is 27.5. The monoisotopic (exact) mass is 549 g/mol. The molecule has 0 radical (unpaired) electrons. The molecule has 2 amide bonds. The Morgan fingerprint density at radius 2 is 1.85 bits per heavy atom. The molecule has 0 saturated carbocycles. The Morgan fingerprint density at radius 3 is 2.52 bits per heavy atom. The lowest BCUT2D eigenvalue weighted by atomic mass is 9.94. The number of aryl methyl sites for hydroxylation is 2. The molecule has 210 valence electrons. The third kappa shape index (κ3) is 5.61. The van der Waals surface area contributed by atoms with Crippen molar-refractivity contribution >= 4 is 11.8 Å². The number of nitrogens with one attached hydrogen (secondary N) is 2. The number of carbonyl (C=O) groups excluding carboxylic acids is 1. The van der Waals surface area contributed by atoms with Crippen LogP contribution in [0.25, 0.3) is 16.9 Å². The molecule has 1 aliphatic heterocycles. The zero-order chi connectivity index (χ0) is 28.4. The number of halogens is 2. The lowest BCUT2D eigenvalue weighted by molar-refractivity contribution is 0.159. The highest BCUT2D eigenvalue weighted by Crippen LogP contribution is 2.33. The fourth-order valence-corrected chi connectivity index (χ4v) is 5.31. The molecule has 0 bridgehead atoms. The number of aromatic nitrogens is 4. The Morgan fingerprint density at radius 1 is 1.07 bits per heavy atom. The first-order valence-corrected chi connectivity index (χ1v) is 13.1. The highest BCUT2D eigenvalue weighted by molar-refractivity contribution is 5.91. The maximum Gasteiger partial charge on any atom is 0.320 e. The molecule has 3 heterocycles. The second-order valence-electron chi connectivity index (χ2n) is 10.1. The van der Waals surface area contributed by atoms with Gasteiger partial charge in [0.2, 0.25) is 0 Å². The van der Waals surface area contributed by atoms with Gasteiger partial charge in [0.15, 0.2) is 11.6 Å². The van der Waals surface area contributed by atoms with Crippen molar-refractivity contribution in [1.82, 2.24) is 29.8 Å². The van der Waals surface area contributed by atoms with E-state index < -0.39 is 17.7 Å². The molecule has 1 aliphatic rings. The Balaban J connectivity index is 1.43. The molecule has 2 N–H and O–H groups in total. The van der Waals surface area contributed by atoms with Gasteiger partial charge in [-0.3, -0.25) is 14.9 Å². The molecule has 11 heteroatoms. The van der Waals surface area contributed by atoms with E-state index in [2.05, 4.69) is 20.6 Å². The molecule has 2 unspecified atom stereocenters. The molecule has 0 spiro atoms. The summed E-state index contributed by atoms with van der Waals surface area (Å²) >= 11 is 0. The van der Waals surface area contributed by atoms with Gasteiger partial charge in [0.25, 0.3) is 0 Å². The minimum atomic E-state index is -0.906. The van der Waals surface area contributed by atoms with Crippen LogP contribution in [0.15, 0.2) is 54.7 Å². The van der Waals surface area contributed by atoms with Gasteiger partial charge in [0, 0.05) is 57.0 Å². The van der Waals surface area contributed by atoms with Gasteiger partial charge in [0.05, 0.1) is 24.0 Å². The van der Waals surface area contributed by atoms with E-state index in [0.29, 0.717) is 37.6 Å². The summed E-state index contributed by atoms with van der Waals surface area (Å²) in [7, 11) is 3.49. The summed E-state index contributed by atoms with van der Waals surface area (Å²) in [4.78, 5) is 15.6. The highest BCUT2D eigenvalue weighted by atomic mass is 19.2. The van der Waals surface area contributed by atoms with Crippen molar-refractivity contribution in [3.05, 3.63) is 83.2 Å². The second kappa shape index (κ2) is 11.6. The van der Waals surface area contributed by atoms with Gasteiger partial charge < -0.3 is 10.1 Å². The lowest BCUT2D eigenvalue weighted by Gasteiger charge is -2.21. The van der Waals surface area contributed by atoms with Crippen molar-refractivity contribution in [3.8, 4) is 16.9 Å². The molecule has 2 aromatic heterocycles. The van der Waals surface area contributed by atoms with E-state index in [9.17, 15) is 13.6 Å². The average molecular weight is 550 g/mol. The van der Waals surface area contributed by atoms with Crippen molar-refractivity contribution in [2.75, 3.05) is 38.7 Å². The number of anilines is 1. The van der Waals surface area contributed by atoms with Crippen molar-refractivity contribution < 1.29 is 18.3 Å². The highest BCUT2D eigenvalue weighted by Gasteiger charge is 2.35. The number of amides is 2. The molecule has 40 heavy (non-hydrogen) atoms. The second-order valence-corrected chi connectivity index (χ2v) is 10.1. The zero-order valence-corrected chi connectivity index (χ0v) is 23.0. The number of carbonyl (C=O) groups is 1. The molecule has 9 nitrogen and oxygen atoms in total. The predicted molar refractivity (Wildman–Crippen MR) is 149 cm³/mol. The molecule has 0 aliphatic carbocycles. The quantitative estimate of drug-likeness (QED) is 0.340. The van der Waals surface area contributed by atoms with Gasteiger partial charge in [-0.25, -0.2) is 18.3 Å². The minimum absolute atomic E-state index is 0.230. The molecule has 2 aromatic carbocycles. The third-order valence-corrected chi connectivity index (χ3v) is 7.32. The standard InChI is InChI=1S/C29H33F2N7O2/c1-18-27(22-15-36(3)34-19(22)2)35-38(21-8-6-5-7-9-21)28(18)33-29(39)32-26-17-37(12-13-40-4)16-23(26)20-10-11-24(30)25(31)14-20/h5-11,14-15,23,26H,12-13,16-17H2,1-4H3,(H2,32,33,39). The van der Waals surface area contributed by atoms with Gasteiger partial charge in [0.1, 0.15) is 11.5 Å². The largest absolute Gasteiger partial charge is 0.383 e. The summed E-state index contributed by atoms with van der Waals surface area (Å²) in [5, 5.41) is 15.4. The molecule has 5 rings (SSSR count). The van der Waals surface area contributed by atoms with Crippen molar-refractivity contribution in [2.45, 2.75) is 25.8 Å². The van der Waals surface area contributed by atoms with E-state index in [-0.39, 0.29) is 12.0 Å². The normalized spacial score (nSPS) is 17.4. The number of benzene rings is 2. The lowest BCUT2D eigenvalue weighted by Crippen LogP contribution is -2.42. The van der Waals surface area contributed by atoms with Gasteiger partial charge in [-0.15, -0.1) is 0 Å². The number of hydrogen-bond acceptors (Lipinski definition) is 5. The Bertz CT molecular complexity index is 1500. The van der Waals surface area contributed by atoms with E-state index in [4.69, 9.17) is 9.84 Å². The number of methoxy groups -OCH3 is 1. The van der Waals surface area contributed by atoms with Crippen LogP contribution in [-0.2, 0) is 11.8 Å². The molecule has 1 saturated heterocycles. The van der Waals surface area contributed by atoms with E-state index in [1.165, 1.54) is 6.07 Å². The zero-order valence-electron chi connectivity index (χ0n) is 23.0. The van der Waals surface area contributed by atoms with Crippen LogP contribution in [0.5, 0.6) is 0 Å². The van der Waals surface area contributed by atoms with Crippen LogP contribution >= 0.6 is 0 Å². The van der Waals surface area contributed by atoms with Crippen LogP contribution < -0.4 is 10.6 Å². The smallest absolute Gasteiger partial charge is 0.320 e. The third-order valence-electron chi connectivity index (χ3n) is 7.32. The van der Waals surface area contributed by atoms with Gasteiger partial charge in [-0.1, -0.05) is 24.3 Å². The Hall–Kier alpha value is -4.09. The van der Waals surface area contributed by atoms with E-state index in [0.717, 1.165) is 34.3 Å². The van der Waals surface area contributed by atoms with E-state index in [1.807, 2.05) is 57.4 Å². The SMILES string of the molecule is COCCN1CC(NC(=O)Nc2c(C)c(-c3cn(C)nc3C)nn2-c2ccccc2)C(c2ccc(F)c(F)c2)C1. The number of rotatable bonds is 8. The van der Waals surface area contributed by atoms with Gasteiger partial charge in [-0.2, -0.15) is 10.2 Å². The fourth-order valence-electron chi connectivity index (χ4n) is 5.31. The van der Waals surface area contributed by atoms with Gasteiger partial charge in [-0.05, 0) is 43.7 Å².